The third-order valence-corrected chi connectivity index (χ3v) is 4.17. The maximum atomic E-state index is 6.15. The molecule has 2 aromatic rings. The van der Waals surface area contributed by atoms with Gasteiger partial charge in [-0.05, 0) is 31.9 Å². The van der Waals surface area contributed by atoms with Crippen molar-refractivity contribution in [3.05, 3.63) is 30.4 Å². The van der Waals surface area contributed by atoms with Crippen LogP contribution in [0.5, 0.6) is 0 Å². The van der Waals surface area contributed by atoms with Crippen LogP contribution in [0.2, 0.25) is 0 Å². The molecule has 0 aliphatic heterocycles. The van der Waals surface area contributed by atoms with E-state index in [-0.39, 0.29) is 0 Å². The van der Waals surface area contributed by atoms with Crippen molar-refractivity contribution in [1.82, 2.24) is 9.38 Å². The fourth-order valence-electron chi connectivity index (χ4n) is 1.85. The van der Waals surface area contributed by atoms with E-state index in [0.717, 1.165) is 17.1 Å². The van der Waals surface area contributed by atoms with Crippen LogP contribution in [0.3, 0.4) is 0 Å². The highest BCUT2D eigenvalue weighted by Gasteiger charge is 2.20. The second-order valence-electron chi connectivity index (χ2n) is 5.64. The Hall–Kier alpha value is -1.00. The number of nitrogens with two attached hydrogens (primary N) is 1. The van der Waals surface area contributed by atoms with Crippen molar-refractivity contribution >= 4 is 17.3 Å². The number of imidazole rings is 1. The smallest absolute Gasteiger partial charge is 0.132 e. The summed E-state index contributed by atoms with van der Waals surface area (Å²) in [6.07, 6.45) is 3.96. The molecule has 98 valence electrons. The summed E-state index contributed by atoms with van der Waals surface area (Å²) in [5, 5.41) is 0. The fourth-order valence-corrected chi connectivity index (χ4v) is 2.84. The van der Waals surface area contributed by atoms with Gasteiger partial charge in [0.1, 0.15) is 5.82 Å². The number of hydrogen-bond acceptors (Lipinski definition) is 3. The quantitative estimate of drug-likeness (QED) is 0.861. The second kappa shape index (κ2) is 4.94. The van der Waals surface area contributed by atoms with Crippen molar-refractivity contribution in [2.24, 2.45) is 11.7 Å². The Kier molecular flexibility index (Phi) is 3.69. The average molecular weight is 263 g/mol. The highest BCUT2D eigenvalue weighted by atomic mass is 32.2. The molecule has 0 aliphatic carbocycles. The summed E-state index contributed by atoms with van der Waals surface area (Å²) in [5.41, 5.74) is 6.88. The Morgan fingerprint density at radius 3 is 2.78 bits per heavy atom. The number of thioether (sulfide) groups is 1. The molecule has 0 aliphatic rings. The SMILES string of the molecule is CC(C)CSc1cccn2c(C(C)(C)N)ncc12. The molecule has 18 heavy (non-hydrogen) atoms. The van der Waals surface area contributed by atoms with E-state index in [2.05, 4.69) is 35.4 Å². The number of pyridine rings is 1. The van der Waals surface area contributed by atoms with Crippen molar-refractivity contribution in [3.8, 4) is 0 Å². The van der Waals surface area contributed by atoms with Crippen LogP contribution < -0.4 is 5.73 Å². The van der Waals surface area contributed by atoms with Crippen LogP contribution in [0.4, 0.5) is 0 Å². The van der Waals surface area contributed by atoms with E-state index in [1.807, 2.05) is 38.0 Å². The molecule has 0 saturated carbocycles. The van der Waals surface area contributed by atoms with Crippen molar-refractivity contribution in [2.45, 2.75) is 38.1 Å². The van der Waals surface area contributed by atoms with Crippen LogP contribution in [-0.2, 0) is 5.54 Å². The Bertz CT molecular complexity index is 537. The predicted octanol–water partition coefficient (Wildman–Crippen LogP) is 3.28. The van der Waals surface area contributed by atoms with E-state index in [1.165, 1.54) is 4.90 Å². The van der Waals surface area contributed by atoms with Gasteiger partial charge in [-0.2, -0.15) is 0 Å². The van der Waals surface area contributed by atoms with Crippen LogP contribution >= 0.6 is 11.8 Å². The van der Waals surface area contributed by atoms with Crippen molar-refractivity contribution < 1.29 is 0 Å². The molecule has 0 fully saturated rings. The van der Waals surface area contributed by atoms with Gasteiger partial charge in [0.2, 0.25) is 0 Å². The van der Waals surface area contributed by atoms with Crippen molar-refractivity contribution in [2.75, 3.05) is 5.75 Å². The lowest BCUT2D eigenvalue weighted by Gasteiger charge is -2.17. The molecule has 0 spiro atoms. The summed E-state index contributed by atoms with van der Waals surface area (Å²) in [6, 6.07) is 4.21. The fraction of sp³-hybridized carbons (Fsp3) is 0.500. The molecular formula is C14H21N3S. The van der Waals surface area contributed by atoms with Gasteiger partial charge < -0.3 is 10.1 Å². The monoisotopic (exact) mass is 263 g/mol. The molecule has 2 aromatic heterocycles. The third-order valence-electron chi connectivity index (χ3n) is 2.68. The second-order valence-corrected chi connectivity index (χ2v) is 6.70. The maximum absolute atomic E-state index is 6.15. The van der Waals surface area contributed by atoms with Crippen LogP contribution in [0.15, 0.2) is 29.4 Å². The average Bonchev–Trinajstić information content (AvgIpc) is 2.69. The van der Waals surface area contributed by atoms with Gasteiger partial charge in [-0.15, -0.1) is 11.8 Å². The summed E-state index contributed by atoms with van der Waals surface area (Å²) in [6.45, 7) is 8.43. The maximum Gasteiger partial charge on any atom is 0.132 e. The van der Waals surface area contributed by atoms with Gasteiger partial charge in [0, 0.05) is 16.8 Å². The standard InChI is InChI=1S/C14H21N3S/c1-10(2)9-18-12-6-5-7-17-11(12)8-16-13(17)14(3,4)15/h5-8,10H,9,15H2,1-4H3. The van der Waals surface area contributed by atoms with Crippen LogP contribution in [0, 0.1) is 5.92 Å². The first-order valence-corrected chi connectivity index (χ1v) is 7.26. The summed E-state index contributed by atoms with van der Waals surface area (Å²) >= 11 is 1.88. The number of rotatable bonds is 4. The van der Waals surface area contributed by atoms with Crippen LogP contribution in [0.25, 0.3) is 5.52 Å². The first-order valence-electron chi connectivity index (χ1n) is 6.28. The Balaban J connectivity index is 2.43. The molecule has 0 atom stereocenters. The topological polar surface area (TPSA) is 43.3 Å². The van der Waals surface area contributed by atoms with E-state index < -0.39 is 5.54 Å². The molecule has 2 heterocycles. The highest BCUT2D eigenvalue weighted by molar-refractivity contribution is 7.99. The van der Waals surface area contributed by atoms with Gasteiger partial charge >= 0.3 is 0 Å². The Morgan fingerprint density at radius 1 is 1.44 bits per heavy atom. The minimum atomic E-state index is -0.423. The van der Waals surface area contributed by atoms with Gasteiger partial charge in [-0.25, -0.2) is 4.98 Å². The summed E-state index contributed by atoms with van der Waals surface area (Å²) in [5.74, 6) is 2.71. The van der Waals surface area contributed by atoms with E-state index in [0.29, 0.717) is 5.92 Å². The molecule has 3 nitrogen and oxygen atoms in total. The van der Waals surface area contributed by atoms with Crippen LogP contribution in [0.1, 0.15) is 33.5 Å². The molecule has 0 aromatic carbocycles. The number of fused-ring (bicyclic) bond motifs is 1. The minimum Gasteiger partial charge on any atom is -0.319 e. The largest absolute Gasteiger partial charge is 0.319 e. The zero-order valence-corrected chi connectivity index (χ0v) is 12.3. The van der Waals surface area contributed by atoms with E-state index >= 15 is 0 Å². The highest BCUT2D eigenvalue weighted by Crippen LogP contribution is 2.27. The molecule has 2 rings (SSSR count). The first kappa shape index (κ1) is 13.4. The van der Waals surface area contributed by atoms with Gasteiger partial charge in [0.05, 0.1) is 17.3 Å². The number of nitrogens with zero attached hydrogens (tertiary/aromatic N) is 2. The summed E-state index contributed by atoms with van der Waals surface area (Å²) in [4.78, 5) is 5.75. The molecule has 0 bridgehead atoms. The lowest BCUT2D eigenvalue weighted by Crippen LogP contribution is -2.31. The Labute approximate surface area is 113 Å². The van der Waals surface area contributed by atoms with E-state index in [1.54, 1.807) is 0 Å². The Morgan fingerprint density at radius 2 is 2.17 bits per heavy atom. The normalized spacial score (nSPS) is 12.6. The molecule has 4 heteroatoms. The van der Waals surface area contributed by atoms with E-state index in [4.69, 9.17) is 5.73 Å². The van der Waals surface area contributed by atoms with E-state index in [9.17, 15) is 0 Å². The molecule has 0 radical (unpaired) electrons. The molecule has 2 N–H and O–H groups in total. The van der Waals surface area contributed by atoms with Gasteiger partial charge in [-0.3, -0.25) is 0 Å². The van der Waals surface area contributed by atoms with Gasteiger partial charge in [0.25, 0.3) is 0 Å². The zero-order valence-electron chi connectivity index (χ0n) is 11.5. The van der Waals surface area contributed by atoms with Gasteiger partial charge in [-0.1, -0.05) is 13.8 Å². The number of aromatic nitrogens is 2. The molecule has 0 saturated heterocycles. The summed E-state index contributed by atoms with van der Waals surface area (Å²) in [7, 11) is 0. The minimum absolute atomic E-state index is 0.423. The predicted molar refractivity (Wildman–Crippen MR) is 78.0 cm³/mol. The molecule has 0 unspecified atom stereocenters. The van der Waals surface area contributed by atoms with Crippen molar-refractivity contribution in [3.63, 3.8) is 0 Å². The lowest BCUT2D eigenvalue weighted by molar-refractivity contribution is 0.511. The van der Waals surface area contributed by atoms with Gasteiger partial charge in [0.15, 0.2) is 0 Å². The molecular weight excluding hydrogens is 242 g/mol. The zero-order chi connectivity index (χ0) is 13.3. The lowest BCUT2D eigenvalue weighted by atomic mass is 10.1. The van der Waals surface area contributed by atoms with Crippen molar-refractivity contribution in [1.29, 1.82) is 0 Å². The summed E-state index contributed by atoms with van der Waals surface area (Å²) < 4.78 is 2.10. The third kappa shape index (κ3) is 2.70. The van der Waals surface area contributed by atoms with Crippen LogP contribution in [-0.4, -0.2) is 15.1 Å². The molecule has 0 amide bonds. The number of hydrogen-bond donors (Lipinski definition) is 1. The first-order chi connectivity index (χ1) is 8.39.